The molecule has 7 nitrogen and oxygen atoms in total. The summed E-state index contributed by atoms with van der Waals surface area (Å²) in [7, 11) is 0.00424. The van der Waals surface area contributed by atoms with Gasteiger partial charge < -0.3 is 15.0 Å². The third-order valence-electron chi connectivity index (χ3n) is 4.64. The number of benzene rings is 1. The Hall–Kier alpha value is -1.48. The number of nitrogens with one attached hydrogen (secondary N) is 2. The molecule has 1 fully saturated rings. The van der Waals surface area contributed by atoms with E-state index in [1.807, 2.05) is 0 Å². The number of piperidine rings is 1. The Morgan fingerprint density at radius 3 is 2.88 bits per heavy atom. The molecule has 0 saturated carbocycles. The van der Waals surface area contributed by atoms with Crippen LogP contribution in [0.25, 0.3) is 0 Å². The molecule has 146 valence electrons. The largest absolute Gasteiger partial charge is 0.385 e. The zero-order chi connectivity index (χ0) is 19.0. The molecule has 0 bridgehead atoms. The van der Waals surface area contributed by atoms with Gasteiger partial charge in [0.2, 0.25) is 10.0 Å². The summed E-state index contributed by atoms with van der Waals surface area (Å²) in [6.07, 6.45) is 4.02. The molecule has 1 atom stereocenters. The predicted octanol–water partition coefficient (Wildman–Crippen LogP) is 1.22. The van der Waals surface area contributed by atoms with E-state index in [0.29, 0.717) is 37.7 Å². The molecule has 1 amide bonds. The average Bonchev–Trinajstić information content (AvgIpc) is 2.64. The second-order valence-electron chi connectivity index (χ2n) is 6.61. The summed E-state index contributed by atoms with van der Waals surface area (Å²) < 4.78 is 32.1. The standard InChI is InChI=1S/C18H29N3O4S/c1-21-11-4-3-8-16(21)14-19-18(22)15-7-5-9-17(13-15)26(23,24)20-10-6-12-25-2/h5,7,9,13,16,20H,3-4,6,8,10-12,14H2,1-2H3,(H,19,22). The topological polar surface area (TPSA) is 87.7 Å². The lowest BCUT2D eigenvalue weighted by molar-refractivity contribution is 0.0928. The van der Waals surface area contributed by atoms with Crippen LogP contribution in [0.2, 0.25) is 0 Å². The van der Waals surface area contributed by atoms with E-state index in [1.54, 1.807) is 19.2 Å². The van der Waals surface area contributed by atoms with E-state index in [1.165, 1.54) is 25.0 Å². The van der Waals surface area contributed by atoms with Crippen molar-refractivity contribution < 1.29 is 17.9 Å². The number of amides is 1. The third kappa shape index (κ3) is 6.05. The van der Waals surface area contributed by atoms with Crippen molar-refractivity contribution in [1.29, 1.82) is 0 Å². The maximum Gasteiger partial charge on any atom is 0.251 e. The van der Waals surface area contributed by atoms with Gasteiger partial charge in [-0.1, -0.05) is 12.5 Å². The minimum atomic E-state index is -3.63. The van der Waals surface area contributed by atoms with Gasteiger partial charge in [-0.05, 0) is 51.1 Å². The van der Waals surface area contributed by atoms with E-state index in [9.17, 15) is 13.2 Å². The summed E-state index contributed by atoms with van der Waals surface area (Å²) in [5, 5.41) is 2.93. The number of ether oxygens (including phenoxy) is 1. The van der Waals surface area contributed by atoms with Gasteiger partial charge in [0, 0.05) is 38.4 Å². The normalized spacial score (nSPS) is 18.6. The van der Waals surface area contributed by atoms with Gasteiger partial charge in [-0.25, -0.2) is 13.1 Å². The maximum absolute atomic E-state index is 12.4. The Morgan fingerprint density at radius 2 is 2.15 bits per heavy atom. The first-order valence-corrected chi connectivity index (χ1v) is 10.5. The van der Waals surface area contributed by atoms with Gasteiger partial charge >= 0.3 is 0 Å². The number of likely N-dealkylation sites (tertiary alicyclic amines) is 1. The van der Waals surface area contributed by atoms with Crippen molar-refractivity contribution in [2.75, 3.05) is 40.4 Å². The summed E-state index contributed by atoms with van der Waals surface area (Å²) in [4.78, 5) is 14.8. The Morgan fingerprint density at radius 1 is 1.35 bits per heavy atom. The van der Waals surface area contributed by atoms with Gasteiger partial charge in [-0.2, -0.15) is 0 Å². The Balaban J connectivity index is 1.95. The highest BCUT2D eigenvalue weighted by molar-refractivity contribution is 7.89. The van der Waals surface area contributed by atoms with E-state index in [-0.39, 0.29) is 10.8 Å². The number of nitrogens with zero attached hydrogens (tertiary/aromatic N) is 1. The number of sulfonamides is 1. The summed E-state index contributed by atoms with van der Waals surface area (Å²) in [6.45, 7) is 2.39. The zero-order valence-electron chi connectivity index (χ0n) is 15.5. The van der Waals surface area contributed by atoms with Crippen molar-refractivity contribution in [2.24, 2.45) is 0 Å². The molecular formula is C18H29N3O4S. The predicted molar refractivity (Wildman–Crippen MR) is 101 cm³/mol. The van der Waals surface area contributed by atoms with Crippen LogP contribution in [0.1, 0.15) is 36.0 Å². The van der Waals surface area contributed by atoms with Crippen LogP contribution in [-0.4, -0.2) is 65.7 Å². The van der Waals surface area contributed by atoms with Crippen molar-refractivity contribution in [3.05, 3.63) is 29.8 Å². The lowest BCUT2D eigenvalue weighted by Gasteiger charge is -2.32. The number of carbonyl (C=O) groups excluding carboxylic acids is 1. The molecule has 1 aliphatic heterocycles. The number of hydrogen-bond donors (Lipinski definition) is 2. The molecule has 0 radical (unpaired) electrons. The number of carbonyl (C=O) groups is 1. The molecule has 8 heteroatoms. The van der Waals surface area contributed by atoms with Crippen LogP contribution in [0.3, 0.4) is 0 Å². The molecule has 1 aliphatic rings. The van der Waals surface area contributed by atoms with E-state index >= 15 is 0 Å². The molecule has 2 rings (SSSR count). The van der Waals surface area contributed by atoms with Crippen molar-refractivity contribution >= 4 is 15.9 Å². The Bertz CT molecular complexity index is 693. The van der Waals surface area contributed by atoms with Crippen molar-refractivity contribution in [3.8, 4) is 0 Å². The summed E-state index contributed by atoms with van der Waals surface area (Å²) in [6, 6.07) is 6.46. The second kappa shape index (κ2) is 10.0. The molecule has 26 heavy (non-hydrogen) atoms. The first kappa shape index (κ1) is 20.8. The van der Waals surface area contributed by atoms with Crippen LogP contribution >= 0.6 is 0 Å². The van der Waals surface area contributed by atoms with E-state index in [4.69, 9.17) is 4.74 Å². The molecule has 2 N–H and O–H groups in total. The maximum atomic E-state index is 12.4. The van der Waals surface area contributed by atoms with Gasteiger partial charge in [0.05, 0.1) is 4.90 Å². The highest BCUT2D eigenvalue weighted by Gasteiger charge is 2.20. The van der Waals surface area contributed by atoms with Gasteiger partial charge in [0.1, 0.15) is 0 Å². The van der Waals surface area contributed by atoms with Crippen LogP contribution in [0.15, 0.2) is 29.2 Å². The van der Waals surface area contributed by atoms with Crippen LogP contribution in [0.5, 0.6) is 0 Å². The first-order valence-electron chi connectivity index (χ1n) is 9.01. The van der Waals surface area contributed by atoms with Gasteiger partial charge in [-0.15, -0.1) is 0 Å². The number of likely N-dealkylation sites (N-methyl/N-ethyl adjacent to an activating group) is 1. The fourth-order valence-corrected chi connectivity index (χ4v) is 4.15. The number of hydrogen-bond acceptors (Lipinski definition) is 5. The number of rotatable bonds is 9. The quantitative estimate of drug-likeness (QED) is 0.626. The molecule has 1 unspecified atom stereocenters. The van der Waals surface area contributed by atoms with Gasteiger partial charge in [0.25, 0.3) is 5.91 Å². The lowest BCUT2D eigenvalue weighted by atomic mass is 10.0. The van der Waals surface area contributed by atoms with Crippen molar-refractivity contribution in [2.45, 2.75) is 36.6 Å². The molecule has 0 aromatic heterocycles. The van der Waals surface area contributed by atoms with Crippen LogP contribution in [0, 0.1) is 0 Å². The molecule has 0 spiro atoms. The fourth-order valence-electron chi connectivity index (χ4n) is 3.03. The molecule has 0 aliphatic carbocycles. The van der Waals surface area contributed by atoms with Gasteiger partial charge in [0.15, 0.2) is 0 Å². The molecule has 1 heterocycles. The van der Waals surface area contributed by atoms with Crippen molar-refractivity contribution in [3.63, 3.8) is 0 Å². The Kier molecular flexibility index (Phi) is 8.02. The lowest BCUT2D eigenvalue weighted by Crippen LogP contribution is -2.44. The van der Waals surface area contributed by atoms with Crippen LogP contribution in [-0.2, 0) is 14.8 Å². The van der Waals surface area contributed by atoms with E-state index in [0.717, 1.165) is 13.0 Å². The minimum absolute atomic E-state index is 0.0948. The monoisotopic (exact) mass is 383 g/mol. The average molecular weight is 384 g/mol. The fraction of sp³-hybridized carbons (Fsp3) is 0.611. The first-order chi connectivity index (χ1) is 12.4. The molecular weight excluding hydrogens is 354 g/mol. The summed E-state index contributed by atoms with van der Waals surface area (Å²) in [5.74, 6) is -0.250. The molecule has 1 saturated heterocycles. The number of methoxy groups -OCH3 is 1. The highest BCUT2D eigenvalue weighted by Crippen LogP contribution is 2.15. The second-order valence-corrected chi connectivity index (χ2v) is 8.38. The summed E-state index contributed by atoms with van der Waals surface area (Å²) >= 11 is 0. The molecule has 1 aromatic carbocycles. The Labute approximate surface area is 156 Å². The SMILES string of the molecule is COCCCNS(=O)(=O)c1cccc(C(=O)NCC2CCCCN2C)c1. The third-order valence-corrected chi connectivity index (χ3v) is 6.10. The van der Waals surface area contributed by atoms with Crippen LogP contribution < -0.4 is 10.0 Å². The summed E-state index contributed by atoms with van der Waals surface area (Å²) in [5.41, 5.74) is 0.350. The van der Waals surface area contributed by atoms with Gasteiger partial charge in [-0.3, -0.25) is 4.79 Å². The van der Waals surface area contributed by atoms with E-state index < -0.39 is 10.0 Å². The smallest absolute Gasteiger partial charge is 0.251 e. The zero-order valence-corrected chi connectivity index (χ0v) is 16.3. The molecule has 1 aromatic rings. The minimum Gasteiger partial charge on any atom is -0.385 e. The van der Waals surface area contributed by atoms with Crippen LogP contribution in [0.4, 0.5) is 0 Å². The van der Waals surface area contributed by atoms with Crippen molar-refractivity contribution in [1.82, 2.24) is 14.9 Å². The van der Waals surface area contributed by atoms with E-state index in [2.05, 4.69) is 22.0 Å². The highest BCUT2D eigenvalue weighted by atomic mass is 32.2.